The summed E-state index contributed by atoms with van der Waals surface area (Å²) in [5.41, 5.74) is 2.07. The molecule has 0 heterocycles. The molecule has 0 atom stereocenters. The van der Waals surface area contributed by atoms with Crippen molar-refractivity contribution in [2.24, 2.45) is 5.41 Å². The molecule has 2 heteroatoms. The van der Waals surface area contributed by atoms with Crippen molar-refractivity contribution in [1.82, 2.24) is 5.32 Å². The molecule has 0 spiro atoms. The lowest BCUT2D eigenvalue weighted by atomic mass is 9.75. The first kappa shape index (κ1) is 14.4. The summed E-state index contributed by atoms with van der Waals surface area (Å²) in [6, 6.07) is 9.14. The normalized spacial score (nSPS) is 28.3. The van der Waals surface area contributed by atoms with E-state index in [2.05, 4.69) is 24.4 Å². The van der Waals surface area contributed by atoms with Crippen LogP contribution in [0.4, 0.5) is 0 Å². The SMILES string of the molecule is CCC1(CNC2CC(c3ccc(Cl)cc3)C2)CCCC1. The van der Waals surface area contributed by atoms with Gasteiger partial charge in [-0.15, -0.1) is 0 Å². The Morgan fingerprint density at radius 1 is 1.15 bits per heavy atom. The van der Waals surface area contributed by atoms with Crippen LogP contribution < -0.4 is 5.32 Å². The van der Waals surface area contributed by atoms with Gasteiger partial charge >= 0.3 is 0 Å². The average molecular weight is 292 g/mol. The Balaban J connectivity index is 1.45. The van der Waals surface area contributed by atoms with Crippen molar-refractivity contribution in [2.75, 3.05) is 6.54 Å². The Hall–Kier alpha value is -0.530. The van der Waals surface area contributed by atoms with Crippen molar-refractivity contribution in [3.63, 3.8) is 0 Å². The van der Waals surface area contributed by atoms with Crippen LogP contribution in [0.15, 0.2) is 24.3 Å². The summed E-state index contributed by atoms with van der Waals surface area (Å²) in [7, 11) is 0. The lowest BCUT2D eigenvalue weighted by molar-refractivity contribution is 0.213. The number of hydrogen-bond donors (Lipinski definition) is 1. The lowest BCUT2D eigenvalue weighted by Gasteiger charge is -2.39. The molecule has 1 aromatic rings. The first-order valence-electron chi connectivity index (χ1n) is 8.20. The molecule has 0 unspecified atom stereocenters. The van der Waals surface area contributed by atoms with Crippen molar-refractivity contribution in [2.45, 2.75) is 63.8 Å². The van der Waals surface area contributed by atoms with Crippen molar-refractivity contribution < 1.29 is 0 Å². The van der Waals surface area contributed by atoms with Gasteiger partial charge in [-0.05, 0) is 61.1 Å². The molecule has 0 aliphatic heterocycles. The molecule has 1 aromatic carbocycles. The average Bonchev–Trinajstić information content (AvgIpc) is 2.88. The van der Waals surface area contributed by atoms with Crippen molar-refractivity contribution in [1.29, 1.82) is 0 Å². The number of benzene rings is 1. The Bertz CT molecular complexity index is 427. The zero-order valence-corrected chi connectivity index (χ0v) is 13.3. The van der Waals surface area contributed by atoms with Crippen LogP contribution in [0.1, 0.15) is 63.4 Å². The second-order valence-corrected chi connectivity index (χ2v) is 7.29. The molecule has 3 rings (SSSR count). The fourth-order valence-corrected chi connectivity index (χ4v) is 4.06. The summed E-state index contributed by atoms with van der Waals surface area (Å²) in [4.78, 5) is 0. The summed E-state index contributed by atoms with van der Waals surface area (Å²) in [6.45, 7) is 3.60. The van der Waals surface area contributed by atoms with Gasteiger partial charge in [-0.2, -0.15) is 0 Å². The first-order valence-corrected chi connectivity index (χ1v) is 8.57. The fourth-order valence-electron chi connectivity index (χ4n) is 3.93. The largest absolute Gasteiger partial charge is 0.313 e. The summed E-state index contributed by atoms with van der Waals surface area (Å²) >= 11 is 5.95. The minimum atomic E-state index is 0.616. The van der Waals surface area contributed by atoms with Crippen LogP contribution in [0.25, 0.3) is 0 Å². The molecule has 1 N–H and O–H groups in total. The number of halogens is 1. The Morgan fingerprint density at radius 3 is 2.40 bits per heavy atom. The number of rotatable bonds is 5. The Labute approximate surface area is 128 Å². The van der Waals surface area contributed by atoms with E-state index in [9.17, 15) is 0 Å². The fraction of sp³-hybridized carbons (Fsp3) is 0.667. The maximum absolute atomic E-state index is 5.95. The van der Waals surface area contributed by atoms with Gasteiger partial charge in [0.25, 0.3) is 0 Å². The molecule has 0 amide bonds. The molecule has 20 heavy (non-hydrogen) atoms. The van der Waals surface area contributed by atoms with Gasteiger partial charge in [-0.25, -0.2) is 0 Å². The zero-order valence-electron chi connectivity index (χ0n) is 12.5. The summed E-state index contributed by atoms with van der Waals surface area (Å²) < 4.78 is 0. The van der Waals surface area contributed by atoms with Crippen LogP contribution in [-0.4, -0.2) is 12.6 Å². The quantitative estimate of drug-likeness (QED) is 0.791. The standard InChI is InChI=1S/C18H26ClN/c1-2-18(9-3-4-10-18)13-20-17-11-15(12-17)14-5-7-16(19)8-6-14/h5-8,15,17,20H,2-4,9-13H2,1H3. The molecule has 2 fully saturated rings. The van der Waals surface area contributed by atoms with Gasteiger partial charge in [0.1, 0.15) is 0 Å². The van der Waals surface area contributed by atoms with Crippen molar-refractivity contribution in [3.05, 3.63) is 34.9 Å². The third-order valence-corrected chi connectivity index (χ3v) is 5.91. The smallest absolute Gasteiger partial charge is 0.0406 e. The number of nitrogens with one attached hydrogen (secondary N) is 1. The minimum absolute atomic E-state index is 0.616. The Morgan fingerprint density at radius 2 is 1.80 bits per heavy atom. The molecule has 110 valence electrons. The van der Waals surface area contributed by atoms with Gasteiger partial charge in [0, 0.05) is 17.6 Å². The highest BCUT2D eigenvalue weighted by Crippen LogP contribution is 2.42. The van der Waals surface area contributed by atoms with Crippen LogP contribution in [0.5, 0.6) is 0 Å². The van der Waals surface area contributed by atoms with E-state index in [-0.39, 0.29) is 0 Å². The van der Waals surface area contributed by atoms with E-state index < -0.39 is 0 Å². The highest BCUT2D eigenvalue weighted by atomic mass is 35.5. The van der Waals surface area contributed by atoms with Gasteiger partial charge in [0.15, 0.2) is 0 Å². The van der Waals surface area contributed by atoms with Gasteiger partial charge < -0.3 is 5.32 Å². The van der Waals surface area contributed by atoms with Gasteiger partial charge in [-0.1, -0.05) is 43.5 Å². The van der Waals surface area contributed by atoms with Crippen molar-refractivity contribution in [3.8, 4) is 0 Å². The maximum Gasteiger partial charge on any atom is 0.0406 e. The lowest BCUT2D eigenvalue weighted by Crippen LogP contribution is -2.44. The van der Waals surface area contributed by atoms with E-state index in [1.54, 1.807) is 0 Å². The zero-order chi connectivity index (χ0) is 14.0. The van der Waals surface area contributed by atoms with Crippen LogP contribution in [0.3, 0.4) is 0 Å². The predicted molar refractivity (Wildman–Crippen MR) is 86.4 cm³/mol. The predicted octanol–water partition coefficient (Wildman–Crippen LogP) is 5.15. The molecule has 0 bridgehead atoms. The summed E-state index contributed by atoms with van der Waals surface area (Å²) in [6.07, 6.45) is 9.67. The maximum atomic E-state index is 5.95. The van der Waals surface area contributed by atoms with E-state index in [4.69, 9.17) is 11.6 Å². The molecule has 2 saturated carbocycles. The van der Waals surface area contributed by atoms with E-state index in [1.807, 2.05) is 12.1 Å². The highest BCUT2D eigenvalue weighted by Gasteiger charge is 2.35. The van der Waals surface area contributed by atoms with E-state index in [0.717, 1.165) is 17.0 Å². The second-order valence-electron chi connectivity index (χ2n) is 6.86. The second kappa shape index (κ2) is 6.07. The van der Waals surface area contributed by atoms with Crippen molar-refractivity contribution >= 4 is 11.6 Å². The van der Waals surface area contributed by atoms with Crippen LogP contribution in [-0.2, 0) is 0 Å². The molecular weight excluding hydrogens is 266 g/mol. The summed E-state index contributed by atoms with van der Waals surface area (Å²) in [5, 5.41) is 4.68. The number of hydrogen-bond acceptors (Lipinski definition) is 1. The third kappa shape index (κ3) is 3.04. The molecule has 0 saturated heterocycles. The molecule has 0 aromatic heterocycles. The van der Waals surface area contributed by atoms with E-state index in [1.165, 1.54) is 57.1 Å². The summed E-state index contributed by atoms with van der Waals surface area (Å²) in [5.74, 6) is 0.742. The van der Waals surface area contributed by atoms with E-state index in [0.29, 0.717) is 5.41 Å². The van der Waals surface area contributed by atoms with Gasteiger partial charge in [-0.3, -0.25) is 0 Å². The van der Waals surface area contributed by atoms with Crippen LogP contribution in [0.2, 0.25) is 5.02 Å². The molecule has 2 aliphatic carbocycles. The van der Waals surface area contributed by atoms with Crippen LogP contribution in [0, 0.1) is 5.41 Å². The topological polar surface area (TPSA) is 12.0 Å². The van der Waals surface area contributed by atoms with Gasteiger partial charge in [0.05, 0.1) is 0 Å². The Kier molecular flexibility index (Phi) is 4.37. The molecule has 1 nitrogen and oxygen atoms in total. The molecule has 2 aliphatic rings. The monoisotopic (exact) mass is 291 g/mol. The van der Waals surface area contributed by atoms with E-state index >= 15 is 0 Å². The highest BCUT2D eigenvalue weighted by molar-refractivity contribution is 6.30. The van der Waals surface area contributed by atoms with Crippen LogP contribution >= 0.6 is 11.6 Å². The third-order valence-electron chi connectivity index (χ3n) is 5.66. The molecule has 0 radical (unpaired) electrons. The first-order chi connectivity index (χ1) is 9.71. The molecular formula is C18H26ClN. The minimum Gasteiger partial charge on any atom is -0.313 e. The van der Waals surface area contributed by atoms with Gasteiger partial charge in [0.2, 0.25) is 0 Å².